The van der Waals surface area contributed by atoms with Crippen LogP contribution in [0.1, 0.15) is 0 Å². The maximum atomic E-state index is 10.6. The highest BCUT2D eigenvalue weighted by atomic mass is 16.7. The molecule has 0 heterocycles. The third-order valence-electron chi connectivity index (χ3n) is 0.716. The van der Waals surface area contributed by atoms with Crippen LogP contribution in [-0.2, 0) is 9.68 Å². The maximum absolute atomic E-state index is 10.6. The highest BCUT2D eigenvalue weighted by molar-refractivity contribution is 5.71. The summed E-state index contributed by atoms with van der Waals surface area (Å²) in [6.45, 7) is -0.351. The first-order valence-electron chi connectivity index (χ1n) is 3.32. The molecule has 2 amide bonds. The molecule has 0 aliphatic carbocycles. The zero-order valence-electron chi connectivity index (χ0n) is 6.45. The summed E-state index contributed by atoms with van der Waals surface area (Å²) in [4.78, 5) is 19.4. The number of carbonyl (C=O) groups is 1. The van der Waals surface area contributed by atoms with Gasteiger partial charge < -0.3 is 10.2 Å². The molecule has 0 rings (SSSR count). The number of nitrogens with one attached hydrogen (secondary N) is 2. The fraction of sp³-hybridized carbons (Fsp3) is 0.800. The Kier molecular flexibility index (Phi) is 7.60. The minimum absolute atomic E-state index is 0.00736. The fourth-order valence-corrected chi connectivity index (χ4v) is 0.345. The van der Waals surface area contributed by atoms with E-state index in [0.717, 1.165) is 0 Å². The SMILES string of the molecule is O=C(NOCCO)NOCCO. The van der Waals surface area contributed by atoms with Crippen LogP contribution in [-0.4, -0.2) is 42.7 Å². The number of urea groups is 1. The summed E-state index contributed by atoms with van der Waals surface area (Å²) in [6, 6.07) is -0.697. The lowest BCUT2D eigenvalue weighted by molar-refractivity contribution is -0.000220. The van der Waals surface area contributed by atoms with Gasteiger partial charge in [0.25, 0.3) is 0 Å². The van der Waals surface area contributed by atoms with Crippen LogP contribution in [0.3, 0.4) is 0 Å². The molecule has 0 aromatic rings. The predicted octanol–water partition coefficient (Wildman–Crippen LogP) is -1.87. The van der Waals surface area contributed by atoms with E-state index in [2.05, 4.69) is 9.68 Å². The van der Waals surface area contributed by atoms with Gasteiger partial charge in [-0.15, -0.1) is 0 Å². The summed E-state index contributed by atoms with van der Waals surface area (Å²) in [5.41, 5.74) is 3.85. The smallest absolute Gasteiger partial charge is 0.362 e. The molecule has 0 aliphatic heterocycles. The first kappa shape index (κ1) is 11.1. The van der Waals surface area contributed by atoms with Gasteiger partial charge in [-0.3, -0.25) is 9.68 Å². The molecular formula is C5H12N2O5. The third-order valence-corrected chi connectivity index (χ3v) is 0.716. The van der Waals surface area contributed by atoms with Crippen molar-refractivity contribution < 1.29 is 24.7 Å². The van der Waals surface area contributed by atoms with Crippen LogP contribution in [0.4, 0.5) is 4.79 Å². The lowest BCUT2D eigenvalue weighted by atomic mass is 10.8. The minimum atomic E-state index is -0.697. The summed E-state index contributed by atoms with van der Waals surface area (Å²) >= 11 is 0. The van der Waals surface area contributed by atoms with E-state index in [-0.39, 0.29) is 26.4 Å². The highest BCUT2D eigenvalue weighted by Gasteiger charge is 1.97. The maximum Gasteiger partial charge on any atom is 0.362 e. The van der Waals surface area contributed by atoms with Crippen molar-refractivity contribution in [2.75, 3.05) is 26.4 Å². The van der Waals surface area contributed by atoms with Gasteiger partial charge in [0.05, 0.1) is 26.4 Å². The lowest BCUT2D eigenvalue weighted by Gasteiger charge is -2.05. The zero-order chi connectivity index (χ0) is 9.23. The van der Waals surface area contributed by atoms with Gasteiger partial charge in [0, 0.05) is 0 Å². The second-order valence-corrected chi connectivity index (χ2v) is 1.68. The van der Waals surface area contributed by atoms with Crippen LogP contribution in [0, 0.1) is 0 Å². The normalized spacial score (nSPS) is 9.50. The molecule has 0 radical (unpaired) electrons. The molecule has 7 nitrogen and oxygen atoms in total. The summed E-state index contributed by atoms with van der Waals surface area (Å²) in [7, 11) is 0. The molecule has 7 heteroatoms. The van der Waals surface area contributed by atoms with Crippen molar-refractivity contribution in [2.24, 2.45) is 0 Å². The number of carbonyl (C=O) groups excluding carboxylic acids is 1. The van der Waals surface area contributed by atoms with Crippen LogP contribution >= 0.6 is 0 Å². The zero-order valence-corrected chi connectivity index (χ0v) is 6.45. The second-order valence-electron chi connectivity index (χ2n) is 1.68. The van der Waals surface area contributed by atoms with Crippen molar-refractivity contribution in [3.8, 4) is 0 Å². The van der Waals surface area contributed by atoms with E-state index in [4.69, 9.17) is 10.2 Å². The Morgan fingerprint density at radius 2 is 1.50 bits per heavy atom. The van der Waals surface area contributed by atoms with Gasteiger partial charge in [-0.05, 0) is 0 Å². The molecule has 0 aromatic carbocycles. The number of hydroxylamine groups is 2. The Morgan fingerprint density at radius 3 is 1.83 bits per heavy atom. The molecule has 0 spiro atoms. The average Bonchev–Trinajstić information content (AvgIpc) is 2.06. The van der Waals surface area contributed by atoms with E-state index < -0.39 is 6.03 Å². The molecule has 12 heavy (non-hydrogen) atoms. The Hall–Kier alpha value is -0.890. The molecule has 4 N–H and O–H groups in total. The van der Waals surface area contributed by atoms with Crippen LogP contribution in [0.25, 0.3) is 0 Å². The van der Waals surface area contributed by atoms with E-state index >= 15 is 0 Å². The van der Waals surface area contributed by atoms with E-state index in [1.54, 1.807) is 0 Å². The van der Waals surface area contributed by atoms with Crippen molar-refractivity contribution in [3.63, 3.8) is 0 Å². The molecule has 0 aliphatic rings. The van der Waals surface area contributed by atoms with Crippen LogP contribution < -0.4 is 11.0 Å². The Labute approximate surface area is 69.2 Å². The number of amides is 2. The topological polar surface area (TPSA) is 100 Å². The van der Waals surface area contributed by atoms with E-state index in [1.165, 1.54) is 0 Å². The Morgan fingerprint density at radius 1 is 1.08 bits per heavy atom. The number of hydrogen-bond acceptors (Lipinski definition) is 5. The van der Waals surface area contributed by atoms with E-state index in [9.17, 15) is 4.79 Å². The quantitative estimate of drug-likeness (QED) is 0.283. The Bertz CT molecular complexity index is 108. The molecule has 0 atom stereocenters. The molecule has 0 saturated carbocycles. The third kappa shape index (κ3) is 7.22. The predicted molar refractivity (Wildman–Crippen MR) is 37.7 cm³/mol. The van der Waals surface area contributed by atoms with Crippen molar-refractivity contribution >= 4 is 6.03 Å². The first-order chi connectivity index (χ1) is 5.81. The second kappa shape index (κ2) is 8.21. The van der Waals surface area contributed by atoms with Gasteiger partial charge in [-0.2, -0.15) is 0 Å². The number of aliphatic hydroxyl groups is 2. The van der Waals surface area contributed by atoms with Crippen LogP contribution in [0.15, 0.2) is 0 Å². The largest absolute Gasteiger partial charge is 0.394 e. The lowest BCUT2D eigenvalue weighted by Crippen LogP contribution is -2.36. The van der Waals surface area contributed by atoms with Crippen molar-refractivity contribution in [3.05, 3.63) is 0 Å². The van der Waals surface area contributed by atoms with Gasteiger partial charge in [0.2, 0.25) is 0 Å². The van der Waals surface area contributed by atoms with Gasteiger partial charge in [-0.1, -0.05) is 0 Å². The highest BCUT2D eigenvalue weighted by Crippen LogP contribution is 1.70. The number of hydrogen-bond donors (Lipinski definition) is 4. The monoisotopic (exact) mass is 180 g/mol. The van der Waals surface area contributed by atoms with Gasteiger partial charge >= 0.3 is 6.03 Å². The van der Waals surface area contributed by atoms with Crippen molar-refractivity contribution in [1.82, 2.24) is 11.0 Å². The summed E-state index contributed by atoms with van der Waals surface area (Å²) in [5.74, 6) is 0. The molecule has 0 saturated heterocycles. The van der Waals surface area contributed by atoms with Crippen LogP contribution in [0.5, 0.6) is 0 Å². The molecule has 0 aromatic heterocycles. The summed E-state index contributed by atoms with van der Waals surface area (Å²) in [5, 5.41) is 16.5. The fourth-order valence-electron chi connectivity index (χ4n) is 0.345. The molecule has 0 fully saturated rings. The van der Waals surface area contributed by atoms with Gasteiger partial charge in [-0.25, -0.2) is 15.8 Å². The van der Waals surface area contributed by atoms with Gasteiger partial charge in [0.1, 0.15) is 0 Å². The number of aliphatic hydroxyl groups excluding tert-OH is 2. The van der Waals surface area contributed by atoms with E-state index in [0.29, 0.717) is 0 Å². The molecular weight excluding hydrogens is 168 g/mol. The van der Waals surface area contributed by atoms with Gasteiger partial charge in [0.15, 0.2) is 0 Å². The van der Waals surface area contributed by atoms with Crippen molar-refractivity contribution in [1.29, 1.82) is 0 Å². The Balaban J connectivity index is 3.10. The summed E-state index contributed by atoms with van der Waals surface area (Å²) < 4.78 is 0. The first-order valence-corrected chi connectivity index (χ1v) is 3.32. The molecule has 0 unspecified atom stereocenters. The standard InChI is InChI=1S/C5H12N2O5/c8-1-3-11-6-5(10)7-12-4-2-9/h8-9H,1-4H2,(H2,6,7,10). The number of rotatable bonds is 6. The minimum Gasteiger partial charge on any atom is -0.394 e. The van der Waals surface area contributed by atoms with Crippen molar-refractivity contribution in [2.45, 2.75) is 0 Å². The molecule has 0 bridgehead atoms. The average molecular weight is 180 g/mol. The van der Waals surface area contributed by atoms with Crippen LogP contribution in [0.2, 0.25) is 0 Å². The van der Waals surface area contributed by atoms with E-state index in [1.807, 2.05) is 11.0 Å². The molecule has 72 valence electrons. The summed E-state index contributed by atoms with van der Waals surface area (Å²) in [6.07, 6.45) is 0.